The molecule has 1 aliphatic heterocycles. The van der Waals surface area contributed by atoms with E-state index in [1.54, 1.807) is 34.6 Å². The molecular formula is C22H24ClN5O2S. The van der Waals surface area contributed by atoms with E-state index in [4.69, 9.17) is 23.1 Å². The van der Waals surface area contributed by atoms with Crippen molar-refractivity contribution in [1.82, 2.24) is 15.2 Å². The van der Waals surface area contributed by atoms with Crippen LogP contribution in [0.2, 0.25) is 5.02 Å². The van der Waals surface area contributed by atoms with Crippen molar-refractivity contribution in [2.45, 2.75) is 37.9 Å². The van der Waals surface area contributed by atoms with Gasteiger partial charge in [-0.3, -0.25) is 9.59 Å². The summed E-state index contributed by atoms with van der Waals surface area (Å²) in [7, 11) is 0. The highest BCUT2D eigenvalue weighted by molar-refractivity contribution is 7.19. The van der Waals surface area contributed by atoms with Crippen LogP contribution in [0.5, 0.6) is 0 Å². The largest absolute Gasteiger partial charge is 0.383 e. The highest BCUT2D eigenvalue weighted by Crippen LogP contribution is 2.28. The van der Waals surface area contributed by atoms with E-state index in [2.05, 4.69) is 10.3 Å². The van der Waals surface area contributed by atoms with Crippen LogP contribution in [0.25, 0.3) is 10.1 Å². The Labute approximate surface area is 189 Å². The number of thiophene rings is 1. The summed E-state index contributed by atoms with van der Waals surface area (Å²) in [5, 5.41) is 4.49. The Bertz CT molecular complexity index is 1100. The number of pyridine rings is 1. The van der Waals surface area contributed by atoms with Crippen LogP contribution in [0, 0.1) is 0 Å². The summed E-state index contributed by atoms with van der Waals surface area (Å²) in [4.78, 5) is 32.5. The smallest absolute Gasteiger partial charge is 0.243 e. The monoisotopic (exact) mass is 457 g/mol. The molecule has 3 heterocycles. The molecule has 162 valence electrons. The molecule has 1 aromatic carbocycles. The van der Waals surface area contributed by atoms with Gasteiger partial charge in [0.1, 0.15) is 11.9 Å². The SMILES string of the molecule is Nc1nccc2sc(CNC(=O)[C@@H]3CCCN3C(=O)[C@H](N)Cc3ccc(Cl)cc3)cc12. The minimum absolute atomic E-state index is 0.159. The number of amides is 2. The molecule has 0 bridgehead atoms. The topological polar surface area (TPSA) is 114 Å². The molecule has 0 radical (unpaired) electrons. The molecule has 1 fully saturated rings. The van der Waals surface area contributed by atoms with Crippen LogP contribution in [-0.2, 0) is 22.6 Å². The number of fused-ring (bicyclic) bond motifs is 1. The Hall–Kier alpha value is -2.68. The summed E-state index contributed by atoms with van der Waals surface area (Å²) in [6, 6.07) is 9.92. The number of nitrogens with one attached hydrogen (secondary N) is 1. The number of hydrogen-bond donors (Lipinski definition) is 3. The van der Waals surface area contributed by atoms with Crippen molar-refractivity contribution in [1.29, 1.82) is 0 Å². The first-order valence-electron chi connectivity index (χ1n) is 10.1. The fourth-order valence-corrected chi connectivity index (χ4v) is 5.03. The first-order chi connectivity index (χ1) is 14.9. The summed E-state index contributed by atoms with van der Waals surface area (Å²) in [5.41, 5.74) is 13.0. The number of halogens is 1. The Morgan fingerprint density at radius 3 is 2.81 bits per heavy atom. The lowest BCUT2D eigenvalue weighted by Crippen LogP contribution is -2.51. The zero-order valence-electron chi connectivity index (χ0n) is 16.9. The second-order valence-electron chi connectivity index (χ2n) is 7.67. The van der Waals surface area contributed by atoms with E-state index in [9.17, 15) is 9.59 Å². The number of benzene rings is 1. The van der Waals surface area contributed by atoms with Crippen molar-refractivity contribution in [3.63, 3.8) is 0 Å². The average Bonchev–Trinajstić information content (AvgIpc) is 3.41. The minimum atomic E-state index is -0.701. The van der Waals surface area contributed by atoms with Gasteiger partial charge in [-0.2, -0.15) is 0 Å². The Kier molecular flexibility index (Phi) is 6.41. The summed E-state index contributed by atoms with van der Waals surface area (Å²) in [6.07, 6.45) is 3.49. The third kappa shape index (κ3) is 4.81. The molecule has 0 unspecified atom stereocenters. The van der Waals surface area contributed by atoms with Crippen molar-refractivity contribution < 1.29 is 9.59 Å². The molecule has 1 saturated heterocycles. The molecule has 0 spiro atoms. The van der Waals surface area contributed by atoms with Gasteiger partial charge < -0.3 is 21.7 Å². The van der Waals surface area contributed by atoms with Crippen molar-refractivity contribution in [2.75, 3.05) is 12.3 Å². The fourth-order valence-electron chi connectivity index (χ4n) is 3.89. The zero-order chi connectivity index (χ0) is 22.0. The highest BCUT2D eigenvalue weighted by atomic mass is 35.5. The van der Waals surface area contributed by atoms with Crippen LogP contribution in [0.15, 0.2) is 42.6 Å². The van der Waals surface area contributed by atoms with Gasteiger partial charge in [0.15, 0.2) is 0 Å². The number of rotatable bonds is 6. The van der Waals surface area contributed by atoms with Gasteiger partial charge in [0.25, 0.3) is 0 Å². The summed E-state index contributed by atoms with van der Waals surface area (Å²) >= 11 is 7.48. The molecule has 2 atom stereocenters. The van der Waals surface area contributed by atoms with Crippen molar-refractivity contribution in [2.24, 2.45) is 5.73 Å². The number of nitrogens with zero attached hydrogens (tertiary/aromatic N) is 2. The molecule has 7 nitrogen and oxygen atoms in total. The number of carbonyl (C=O) groups excluding carboxylic acids is 2. The first kappa shape index (κ1) is 21.5. The lowest BCUT2D eigenvalue weighted by molar-refractivity contribution is -0.139. The number of nitrogens with two attached hydrogens (primary N) is 2. The summed E-state index contributed by atoms with van der Waals surface area (Å²) < 4.78 is 1.03. The quantitative estimate of drug-likeness (QED) is 0.526. The van der Waals surface area contributed by atoms with E-state index in [0.717, 1.165) is 26.9 Å². The molecule has 2 aromatic heterocycles. The average molecular weight is 458 g/mol. The van der Waals surface area contributed by atoms with Crippen molar-refractivity contribution in [3.8, 4) is 0 Å². The number of carbonyl (C=O) groups is 2. The van der Waals surface area contributed by atoms with E-state index < -0.39 is 12.1 Å². The minimum Gasteiger partial charge on any atom is -0.383 e. The number of aromatic nitrogens is 1. The van der Waals surface area contributed by atoms with Gasteiger partial charge in [-0.05, 0) is 49.1 Å². The maximum absolute atomic E-state index is 12.9. The molecule has 2 amide bonds. The highest BCUT2D eigenvalue weighted by Gasteiger charge is 2.36. The molecular weight excluding hydrogens is 434 g/mol. The number of likely N-dealkylation sites (tertiary alicyclic amines) is 1. The van der Waals surface area contributed by atoms with Crippen LogP contribution in [0.1, 0.15) is 23.3 Å². The van der Waals surface area contributed by atoms with E-state index in [-0.39, 0.29) is 11.8 Å². The predicted octanol–water partition coefficient (Wildman–Crippen LogP) is 2.71. The second kappa shape index (κ2) is 9.21. The third-order valence-corrected chi connectivity index (χ3v) is 6.84. The zero-order valence-corrected chi connectivity index (χ0v) is 18.5. The lowest BCUT2D eigenvalue weighted by Gasteiger charge is -2.26. The van der Waals surface area contributed by atoms with Crippen molar-refractivity contribution in [3.05, 3.63) is 58.1 Å². The number of nitrogen functional groups attached to an aromatic ring is 1. The van der Waals surface area contributed by atoms with Gasteiger partial charge >= 0.3 is 0 Å². The maximum Gasteiger partial charge on any atom is 0.243 e. The lowest BCUT2D eigenvalue weighted by atomic mass is 10.1. The summed E-state index contributed by atoms with van der Waals surface area (Å²) in [6.45, 7) is 0.920. The molecule has 4 rings (SSSR count). The third-order valence-electron chi connectivity index (χ3n) is 5.49. The standard InChI is InChI=1S/C22H24ClN5O2S/c23-14-5-3-13(4-6-14)10-17(24)22(30)28-9-1-2-18(28)21(29)27-12-15-11-16-19(31-15)7-8-26-20(16)25/h3-8,11,17-18H,1-2,9-10,12,24H2,(H2,25,26)(H,27,29)/t17-,18+/m1/s1. The van der Waals surface area contributed by atoms with Gasteiger partial charge in [-0.15, -0.1) is 11.3 Å². The molecule has 31 heavy (non-hydrogen) atoms. The molecule has 3 aromatic rings. The van der Waals surface area contributed by atoms with E-state index in [1.165, 1.54) is 0 Å². The van der Waals surface area contributed by atoms with Crippen LogP contribution < -0.4 is 16.8 Å². The predicted molar refractivity (Wildman–Crippen MR) is 124 cm³/mol. The van der Waals surface area contributed by atoms with Gasteiger partial charge in [0.2, 0.25) is 11.8 Å². The van der Waals surface area contributed by atoms with E-state index in [0.29, 0.717) is 36.8 Å². The number of hydrogen-bond acceptors (Lipinski definition) is 6. The van der Waals surface area contributed by atoms with E-state index >= 15 is 0 Å². The van der Waals surface area contributed by atoms with Gasteiger partial charge in [-0.1, -0.05) is 23.7 Å². The molecule has 5 N–H and O–H groups in total. The summed E-state index contributed by atoms with van der Waals surface area (Å²) in [5.74, 6) is 0.120. The second-order valence-corrected chi connectivity index (χ2v) is 9.27. The van der Waals surface area contributed by atoms with Crippen LogP contribution in [0.4, 0.5) is 5.82 Å². The Morgan fingerprint density at radius 1 is 1.29 bits per heavy atom. The molecule has 0 saturated carbocycles. The first-order valence-corrected chi connectivity index (χ1v) is 11.3. The fraction of sp³-hybridized carbons (Fsp3) is 0.318. The van der Waals surface area contributed by atoms with Crippen LogP contribution >= 0.6 is 22.9 Å². The molecule has 0 aliphatic carbocycles. The Morgan fingerprint density at radius 2 is 2.06 bits per heavy atom. The van der Waals surface area contributed by atoms with Gasteiger partial charge in [0.05, 0.1) is 12.6 Å². The molecule has 1 aliphatic rings. The normalized spacial score (nSPS) is 17.1. The van der Waals surface area contributed by atoms with Gasteiger partial charge in [0, 0.05) is 32.7 Å². The Balaban J connectivity index is 1.37. The molecule has 9 heteroatoms. The number of anilines is 1. The van der Waals surface area contributed by atoms with Crippen molar-refractivity contribution >= 4 is 50.7 Å². The van der Waals surface area contributed by atoms with Crippen LogP contribution in [-0.4, -0.2) is 40.3 Å². The van der Waals surface area contributed by atoms with Crippen LogP contribution in [0.3, 0.4) is 0 Å². The van der Waals surface area contributed by atoms with Gasteiger partial charge in [-0.25, -0.2) is 4.98 Å². The maximum atomic E-state index is 12.9. The van der Waals surface area contributed by atoms with E-state index in [1.807, 2.05) is 24.3 Å².